The van der Waals surface area contributed by atoms with Gasteiger partial charge in [0.05, 0.1) is 5.92 Å². The predicted octanol–water partition coefficient (Wildman–Crippen LogP) is 0.0146. The van der Waals surface area contributed by atoms with E-state index >= 15 is 0 Å². The zero-order valence-electron chi connectivity index (χ0n) is 9.72. The number of hydrogen-bond acceptors (Lipinski definition) is 4. The van der Waals surface area contributed by atoms with Gasteiger partial charge in [-0.2, -0.15) is 11.8 Å². The molecule has 1 unspecified atom stereocenters. The topological polar surface area (TPSA) is 69.6 Å². The molecule has 0 bridgehead atoms. The minimum absolute atomic E-state index is 0.0184. The lowest BCUT2D eigenvalue weighted by atomic mass is 9.97. The normalized spacial score (nSPS) is 30.0. The van der Waals surface area contributed by atoms with Gasteiger partial charge in [-0.1, -0.05) is 0 Å². The van der Waals surface area contributed by atoms with E-state index in [-0.39, 0.29) is 11.8 Å². The Morgan fingerprint density at radius 3 is 2.88 bits per heavy atom. The van der Waals surface area contributed by atoms with Crippen LogP contribution in [0.15, 0.2) is 0 Å². The molecule has 0 radical (unpaired) electrons. The number of thioether (sulfide) groups is 1. The summed E-state index contributed by atoms with van der Waals surface area (Å²) in [6.07, 6.45) is 1.87. The maximum Gasteiger partial charge on any atom is 0.327 e. The van der Waals surface area contributed by atoms with Crippen molar-refractivity contribution in [1.29, 1.82) is 0 Å². The van der Waals surface area contributed by atoms with Gasteiger partial charge in [0.2, 0.25) is 5.91 Å². The Hall–Kier alpha value is -0.750. The Kier molecular flexibility index (Phi) is 4.28. The zero-order chi connectivity index (χ0) is 12.3. The first-order valence-corrected chi connectivity index (χ1v) is 7.17. The number of rotatable bonds is 2. The number of amides is 1. The Labute approximate surface area is 105 Å². The molecule has 0 saturated carbocycles. The maximum absolute atomic E-state index is 12.3. The standard InChI is InChI=1S/C11H18N2O3S/c14-10(8-2-1-3-12-6-8)13-4-5-17-7-9(13)11(15)16/h8-9,12H,1-7H2,(H,15,16)/t8-,9?/m1/s1. The van der Waals surface area contributed by atoms with Crippen molar-refractivity contribution in [3.63, 3.8) is 0 Å². The number of piperidine rings is 1. The highest BCUT2D eigenvalue weighted by Crippen LogP contribution is 2.21. The molecule has 96 valence electrons. The Morgan fingerprint density at radius 1 is 1.41 bits per heavy atom. The molecule has 1 amide bonds. The average molecular weight is 258 g/mol. The highest BCUT2D eigenvalue weighted by atomic mass is 32.2. The minimum Gasteiger partial charge on any atom is -0.480 e. The first kappa shape index (κ1) is 12.7. The summed E-state index contributed by atoms with van der Waals surface area (Å²) in [6, 6.07) is -0.636. The smallest absolute Gasteiger partial charge is 0.327 e. The summed E-state index contributed by atoms with van der Waals surface area (Å²) in [5, 5.41) is 12.3. The van der Waals surface area contributed by atoms with Crippen LogP contribution in [-0.2, 0) is 9.59 Å². The second-order valence-corrected chi connectivity index (χ2v) is 5.65. The van der Waals surface area contributed by atoms with Crippen molar-refractivity contribution in [3.05, 3.63) is 0 Å². The maximum atomic E-state index is 12.3. The summed E-state index contributed by atoms with van der Waals surface area (Å²) >= 11 is 1.61. The number of hydrogen-bond donors (Lipinski definition) is 2. The number of carboxylic acids is 1. The molecule has 0 aromatic heterocycles. The van der Waals surface area contributed by atoms with Crippen LogP contribution in [-0.4, -0.2) is 59.1 Å². The van der Waals surface area contributed by atoms with Gasteiger partial charge in [-0.05, 0) is 19.4 Å². The zero-order valence-corrected chi connectivity index (χ0v) is 10.5. The van der Waals surface area contributed by atoms with E-state index in [2.05, 4.69) is 5.32 Å². The Bertz CT molecular complexity index is 305. The molecule has 0 aromatic carbocycles. The van der Waals surface area contributed by atoms with Crippen LogP contribution in [0.25, 0.3) is 0 Å². The van der Waals surface area contributed by atoms with Crippen LogP contribution < -0.4 is 5.32 Å². The SMILES string of the molecule is O=C(O)C1CSCCN1C(=O)[C@@H]1CCCNC1. The lowest BCUT2D eigenvalue weighted by molar-refractivity contribution is -0.151. The summed E-state index contributed by atoms with van der Waals surface area (Å²) in [5.41, 5.74) is 0. The molecular formula is C11H18N2O3S. The molecule has 2 N–H and O–H groups in total. The van der Waals surface area contributed by atoms with Gasteiger partial charge in [-0.3, -0.25) is 4.79 Å². The van der Waals surface area contributed by atoms with Gasteiger partial charge in [-0.25, -0.2) is 4.79 Å². The summed E-state index contributed by atoms with van der Waals surface area (Å²) < 4.78 is 0. The van der Waals surface area contributed by atoms with E-state index in [0.29, 0.717) is 18.8 Å². The third-order valence-corrected chi connectivity index (χ3v) is 4.37. The molecule has 6 heteroatoms. The van der Waals surface area contributed by atoms with Crippen molar-refractivity contribution in [2.45, 2.75) is 18.9 Å². The molecule has 2 fully saturated rings. The van der Waals surface area contributed by atoms with Gasteiger partial charge in [0.1, 0.15) is 6.04 Å². The van der Waals surface area contributed by atoms with Crippen molar-refractivity contribution in [2.75, 3.05) is 31.1 Å². The molecule has 2 aliphatic rings. The second-order valence-electron chi connectivity index (χ2n) is 4.50. The van der Waals surface area contributed by atoms with Gasteiger partial charge in [-0.15, -0.1) is 0 Å². The molecule has 0 aliphatic carbocycles. The van der Waals surface area contributed by atoms with Gasteiger partial charge in [0.25, 0.3) is 0 Å². The molecule has 0 spiro atoms. The fraction of sp³-hybridized carbons (Fsp3) is 0.818. The van der Waals surface area contributed by atoms with E-state index in [9.17, 15) is 9.59 Å². The van der Waals surface area contributed by atoms with Crippen molar-refractivity contribution in [1.82, 2.24) is 10.2 Å². The third kappa shape index (κ3) is 2.93. The number of carboxylic acid groups (broad SMARTS) is 1. The lowest BCUT2D eigenvalue weighted by Crippen LogP contribution is -2.54. The van der Waals surface area contributed by atoms with Crippen molar-refractivity contribution in [3.8, 4) is 0 Å². The van der Waals surface area contributed by atoms with Crippen LogP contribution in [0.4, 0.5) is 0 Å². The molecule has 2 saturated heterocycles. The minimum atomic E-state index is -0.880. The molecule has 5 nitrogen and oxygen atoms in total. The Balaban J connectivity index is 2.02. The van der Waals surface area contributed by atoms with Gasteiger partial charge in [0, 0.05) is 24.6 Å². The van der Waals surface area contributed by atoms with Crippen LogP contribution in [0.3, 0.4) is 0 Å². The van der Waals surface area contributed by atoms with Gasteiger partial charge >= 0.3 is 5.97 Å². The van der Waals surface area contributed by atoms with Crippen LogP contribution in [0, 0.1) is 5.92 Å². The number of carbonyl (C=O) groups is 2. The first-order valence-electron chi connectivity index (χ1n) is 6.02. The van der Waals surface area contributed by atoms with E-state index < -0.39 is 12.0 Å². The highest BCUT2D eigenvalue weighted by Gasteiger charge is 2.35. The third-order valence-electron chi connectivity index (χ3n) is 3.34. The molecule has 2 rings (SSSR count). The van der Waals surface area contributed by atoms with Crippen molar-refractivity contribution >= 4 is 23.6 Å². The largest absolute Gasteiger partial charge is 0.480 e. The molecule has 2 heterocycles. The fourth-order valence-corrected chi connectivity index (χ4v) is 3.41. The molecule has 0 aromatic rings. The predicted molar refractivity (Wildman–Crippen MR) is 66.1 cm³/mol. The van der Waals surface area contributed by atoms with E-state index in [0.717, 1.165) is 25.1 Å². The average Bonchev–Trinajstić information content (AvgIpc) is 2.39. The molecule has 2 aliphatic heterocycles. The van der Waals surface area contributed by atoms with Crippen LogP contribution in [0.1, 0.15) is 12.8 Å². The van der Waals surface area contributed by atoms with E-state index in [1.807, 2.05) is 0 Å². The van der Waals surface area contributed by atoms with E-state index in [4.69, 9.17) is 5.11 Å². The highest BCUT2D eigenvalue weighted by molar-refractivity contribution is 7.99. The van der Waals surface area contributed by atoms with Crippen LogP contribution in [0.5, 0.6) is 0 Å². The van der Waals surface area contributed by atoms with Gasteiger partial charge < -0.3 is 15.3 Å². The summed E-state index contributed by atoms with van der Waals surface area (Å²) in [7, 11) is 0. The lowest BCUT2D eigenvalue weighted by Gasteiger charge is -2.36. The Morgan fingerprint density at radius 2 is 2.24 bits per heavy atom. The number of nitrogens with zero attached hydrogens (tertiary/aromatic N) is 1. The van der Waals surface area contributed by atoms with Crippen LogP contribution in [0.2, 0.25) is 0 Å². The molecule has 17 heavy (non-hydrogen) atoms. The summed E-state index contributed by atoms with van der Waals surface area (Å²) in [5.74, 6) is 0.463. The number of nitrogens with one attached hydrogen (secondary N) is 1. The summed E-state index contributed by atoms with van der Waals surface area (Å²) in [4.78, 5) is 25.0. The van der Waals surface area contributed by atoms with Gasteiger partial charge in [0.15, 0.2) is 0 Å². The van der Waals surface area contributed by atoms with Crippen molar-refractivity contribution in [2.24, 2.45) is 5.92 Å². The van der Waals surface area contributed by atoms with E-state index in [1.54, 1.807) is 16.7 Å². The first-order chi connectivity index (χ1) is 8.20. The monoisotopic (exact) mass is 258 g/mol. The van der Waals surface area contributed by atoms with E-state index in [1.165, 1.54) is 0 Å². The quantitative estimate of drug-likeness (QED) is 0.730. The van der Waals surface area contributed by atoms with Crippen molar-refractivity contribution < 1.29 is 14.7 Å². The fourth-order valence-electron chi connectivity index (χ4n) is 2.37. The second kappa shape index (κ2) is 5.73. The van der Waals surface area contributed by atoms with Crippen LogP contribution >= 0.6 is 11.8 Å². The number of carbonyl (C=O) groups excluding carboxylic acids is 1. The molecule has 2 atom stereocenters. The molecular weight excluding hydrogens is 240 g/mol. The number of aliphatic carboxylic acids is 1. The summed E-state index contributed by atoms with van der Waals surface area (Å²) in [6.45, 7) is 2.22.